The molecule has 0 aliphatic carbocycles. The van der Waals surface area contributed by atoms with E-state index in [9.17, 15) is 0 Å². The minimum atomic E-state index is 0.168. The fourth-order valence-electron chi connectivity index (χ4n) is 2.95. The molecule has 4 nitrogen and oxygen atoms in total. The van der Waals surface area contributed by atoms with E-state index < -0.39 is 0 Å². The van der Waals surface area contributed by atoms with Crippen LogP contribution in [0.3, 0.4) is 0 Å². The maximum absolute atomic E-state index is 4.39. The van der Waals surface area contributed by atoms with Crippen molar-refractivity contribution in [2.75, 3.05) is 0 Å². The average molecular weight is 472 g/mol. The Hall–Kier alpha value is -1.84. The van der Waals surface area contributed by atoms with Crippen molar-refractivity contribution in [3.63, 3.8) is 0 Å². The van der Waals surface area contributed by atoms with Crippen molar-refractivity contribution in [3.8, 4) is 22.5 Å². The van der Waals surface area contributed by atoms with Crippen LogP contribution in [-0.4, -0.2) is 47.9 Å². The Morgan fingerprint density at radius 3 is 1.42 bits per heavy atom. The number of hydrogen-bond donors (Lipinski definition) is 0. The molecule has 2 aromatic carbocycles. The summed E-state index contributed by atoms with van der Waals surface area (Å²) in [7, 11) is 0. The summed E-state index contributed by atoms with van der Waals surface area (Å²) < 4.78 is 11.5. The molecule has 0 bridgehead atoms. The molecule has 0 aliphatic heterocycles. The molecule has 0 N–H and O–H groups in total. The Bertz CT molecular complexity index is 868. The van der Waals surface area contributed by atoms with Gasteiger partial charge in [-0.2, -0.15) is 0 Å². The maximum atomic E-state index is 4.39. The Labute approximate surface area is 165 Å². The zero-order chi connectivity index (χ0) is 17.6. The van der Waals surface area contributed by atoms with Gasteiger partial charge in [0.25, 0.3) is 0 Å². The zero-order valence-electron chi connectivity index (χ0n) is 14.2. The Kier molecular flexibility index (Phi) is 5.88. The first-order valence-corrected chi connectivity index (χ1v) is 11.9. The second-order valence-corrected chi connectivity index (χ2v) is 9.55. The molecule has 0 unspecified atom stereocenters. The van der Waals surface area contributed by atoms with Crippen molar-refractivity contribution in [2.45, 2.75) is 25.7 Å². The van der Waals surface area contributed by atoms with Gasteiger partial charge in [-0.05, 0) is 0 Å². The van der Waals surface area contributed by atoms with Crippen molar-refractivity contribution in [2.24, 2.45) is 0 Å². The van der Waals surface area contributed by atoms with E-state index in [2.05, 4.69) is 66.9 Å². The third-order valence-electron chi connectivity index (χ3n) is 4.26. The molecule has 0 radical (unpaired) electrons. The molecule has 0 saturated carbocycles. The van der Waals surface area contributed by atoms with Crippen molar-refractivity contribution >= 4 is 29.5 Å². The fraction of sp³-hybridized carbons (Fsp3) is 0.200. The van der Waals surface area contributed by atoms with Crippen molar-refractivity contribution in [1.29, 1.82) is 0 Å². The quantitative estimate of drug-likeness (QED) is 0.306. The summed E-state index contributed by atoms with van der Waals surface area (Å²) in [5, 5.41) is 8.78. The zero-order valence-corrected chi connectivity index (χ0v) is 17.6. The van der Waals surface area contributed by atoms with Crippen LogP contribution in [-0.2, 0) is 12.8 Å². The van der Waals surface area contributed by atoms with Crippen molar-refractivity contribution in [1.82, 2.24) is 18.4 Å². The number of benzene rings is 2. The van der Waals surface area contributed by atoms with Gasteiger partial charge in [0.1, 0.15) is 0 Å². The number of rotatable bonds is 7. The van der Waals surface area contributed by atoms with Crippen LogP contribution in [0.1, 0.15) is 21.7 Å². The number of hydrogen-bond acceptors (Lipinski definition) is 4. The van der Waals surface area contributed by atoms with Gasteiger partial charge < -0.3 is 0 Å². The molecule has 0 saturated heterocycles. The Morgan fingerprint density at radius 2 is 1.00 bits per heavy atom. The molecule has 4 aromatic rings. The number of aryl methyl sites for hydroxylation is 2. The Balaban J connectivity index is 1.36. The fourth-order valence-corrected chi connectivity index (χ4v) is 5.89. The first-order valence-electron chi connectivity index (χ1n) is 8.65. The van der Waals surface area contributed by atoms with Crippen LogP contribution in [0.25, 0.3) is 22.5 Å². The molecular formula is C20H18N4Se2. The summed E-state index contributed by atoms with van der Waals surface area (Å²) in [5.74, 6) is 0. The van der Waals surface area contributed by atoms with E-state index in [4.69, 9.17) is 0 Å². The summed E-state index contributed by atoms with van der Waals surface area (Å²) in [6.45, 7) is 0. The van der Waals surface area contributed by atoms with Crippen LogP contribution in [0.5, 0.6) is 0 Å². The molecule has 0 fully saturated rings. The van der Waals surface area contributed by atoms with Gasteiger partial charge in [0.15, 0.2) is 0 Å². The van der Waals surface area contributed by atoms with Gasteiger partial charge in [0, 0.05) is 0 Å². The molecular weight excluding hydrogens is 454 g/mol. The third kappa shape index (κ3) is 4.11. The van der Waals surface area contributed by atoms with E-state index in [0.29, 0.717) is 0 Å². The SMILES string of the molecule is c1ccc(-c2nn[se]c2CCCCc2[se]nnc2-c2ccccc2)cc1. The molecule has 0 aliphatic rings. The van der Waals surface area contributed by atoms with Crippen LogP contribution >= 0.6 is 0 Å². The minimum absolute atomic E-state index is 0.168. The van der Waals surface area contributed by atoms with E-state index >= 15 is 0 Å². The van der Waals surface area contributed by atoms with E-state index in [1.165, 1.54) is 32.8 Å². The van der Waals surface area contributed by atoms with E-state index in [1.807, 2.05) is 12.1 Å². The molecule has 4 rings (SSSR count). The normalized spacial score (nSPS) is 10.9. The van der Waals surface area contributed by atoms with Gasteiger partial charge in [-0.3, -0.25) is 0 Å². The van der Waals surface area contributed by atoms with Crippen LogP contribution in [0.15, 0.2) is 60.7 Å². The molecule has 0 amide bonds. The standard InChI is InChI=1S/C20H18N4Se2/c1-3-9-15(10-4-1)19-17(25-23-21-19)13-7-8-14-18-20(22-24-26-18)16-11-5-2-6-12-16/h1-6,9-12H,7-8,13-14H2. The molecule has 6 heteroatoms. The summed E-state index contributed by atoms with van der Waals surface area (Å²) in [6.07, 6.45) is 4.51. The topological polar surface area (TPSA) is 51.6 Å². The van der Waals surface area contributed by atoms with Crippen molar-refractivity contribution in [3.05, 3.63) is 69.5 Å². The number of unbranched alkanes of at least 4 members (excludes halogenated alkanes) is 1. The summed E-state index contributed by atoms with van der Waals surface area (Å²) in [6, 6.07) is 20.8. The second kappa shape index (κ2) is 8.70. The van der Waals surface area contributed by atoms with E-state index in [-0.39, 0.29) is 29.5 Å². The van der Waals surface area contributed by atoms with Crippen molar-refractivity contribution < 1.29 is 0 Å². The van der Waals surface area contributed by atoms with Crippen LogP contribution < -0.4 is 0 Å². The first-order chi connectivity index (χ1) is 12.9. The molecule has 130 valence electrons. The van der Waals surface area contributed by atoms with Crippen LogP contribution in [0, 0.1) is 0 Å². The average Bonchev–Trinajstić information content (AvgIpc) is 3.36. The monoisotopic (exact) mass is 474 g/mol. The van der Waals surface area contributed by atoms with Gasteiger partial charge in [-0.15, -0.1) is 0 Å². The van der Waals surface area contributed by atoms with Gasteiger partial charge >= 0.3 is 166 Å². The number of aromatic nitrogens is 4. The summed E-state index contributed by atoms with van der Waals surface area (Å²) in [4.78, 5) is 0. The van der Waals surface area contributed by atoms with Crippen LogP contribution in [0.2, 0.25) is 0 Å². The molecule has 26 heavy (non-hydrogen) atoms. The first kappa shape index (κ1) is 17.6. The van der Waals surface area contributed by atoms with Gasteiger partial charge in [-0.1, -0.05) is 0 Å². The Morgan fingerprint density at radius 1 is 0.577 bits per heavy atom. The molecule has 2 aromatic heterocycles. The molecule has 0 spiro atoms. The second-order valence-electron chi connectivity index (χ2n) is 6.03. The summed E-state index contributed by atoms with van der Waals surface area (Å²) in [5.41, 5.74) is 4.59. The van der Waals surface area contributed by atoms with Gasteiger partial charge in [0.2, 0.25) is 0 Å². The predicted molar refractivity (Wildman–Crippen MR) is 105 cm³/mol. The van der Waals surface area contributed by atoms with Gasteiger partial charge in [0.05, 0.1) is 0 Å². The molecule has 0 atom stereocenters. The molecule has 2 heterocycles. The predicted octanol–water partition coefficient (Wildman–Crippen LogP) is 3.28. The van der Waals surface area contributed by atoms with Crippen LogP contribution in [0.4, 0.5) is 0 Å². The van der Waals surface area contributed by atoms with E-state index in [0.717, 1.165) is 24.2 Å². The summed E-state index contributed by atoms with van der Waals surface area (Å²) >= 11 is 0.337. The third-order valence-corrected chi connectivity index (χ3v) is 7.54. The van der Waals surface area contributed by atoms with E-state index in [1.54, 1.807) is 0 Å². The number of nitrogens with zero attached hydrogens (tertiary/aromatic N) is 4. The van der Waals surface area contributed by atoms with Gasteiger partial charge in [-0.25, -0.2) is 0 Å².